The van der Waals surface area contributed by atoms with Crippen LogP contribution in [0.25, 0.3) is 11.5 Å². The van der Waals surface area contributed by atoms with Crippen molar-refractivity contribution in [1.82, 2.24) is 19.8 Å². The van der Waals surface area contributed by atoms with Crippen molar-refractivity contribution in [3.05, 3.63) is 65.0 Å². The predicted molar refractivity (Wildman–Crippen MR) is 126 cm³/mol. The molecule has 1 heterocycles. The number of sulfonamides is 1. The molecule has 0 bridgehead atoms. The maximum absolute atomic E-state index is 13.1. The zero-order valence-electron chi connectivity index (χ0n) is 18.8. The van der Waals surface area contributed by atoms with Gasteiger partial charge in [-0.05, 0) is 56.2 Å². The van der Waals surface area contributed by atoms with Gasteiger partial charge in [0.25, 0.3) is 5.91 Å². The first-order chi connectivity index (χ1) is 15.7. The van der Waals surface area contributed by atoms with E-state index in [0.717, 1.165) is 6.42 Å². The lowest BCUT2D eigenvalue weighted by Gasteiger charge is -2.20. The largest absolute Gasteiger partial charge is 0.419 e. The fraction of sp³-hybridized carbons (Fsp3) is 0.348. The number of hydrogen-bond acceptors (Lipinski definition) is 6. The molecular weight excluding hydrogens is 464 g/mol. The molecular formula is C23H27ClN4O4S. The van der Waals surface area contributed by atoms with E-state index in [1.165, 1.54) is 24.3 Å². The van der Waals surface area contributed by atoms with Gasteiger partial charge in [-0.1, -0.05) is 37.6 Å². The van der Waals surface area contributed by atoms with Crippen LogP contribution in [-0.2, 0) is 16.6 Å². The number of nitrogens with zero attached hydrogens (tertiary/aromatic N) is 3. The number of rotatable bonds is 10. The first-order valence-electron chi connectivity index (χ1n) is 10.7. The second kappa shape index (κ2) is 10.9. The summed E-state index contributed by atoms with van der Waals surface area (Å²) >= 11 is 6.20. The average Bonchev–Trinajstić information content (AvgIpc) is 3.26. The molecule has 8 nitrogen and oxygen atoms in total. The highest BCUT2D eigenvalue weighted by Gasteiger charge is 2.21. The Labute approximate surface area is 199 Å². The van der Waals surface area contributed by atoms with E-state index in [2.05, 4.69) is 14.9 Å². The molecule has 0 aliphatic heterocycles. The first kappa shape index (κ1) is 24.9. The number of halogens is 1. The molecule has 0 spiro atoms. The molecule has 1 aromatic heterocycles. The Balaban J connectivity index is 1.76. The van der Waals surface area contributed by atoms with Crippen LogP contribution in [0.2, 0.25) is 5.02 Å². The predicted octanol–water partition coefficient (Wildman–Crippen LogP) is 4.52. The van der Waals surface area contributed by atoms with Crippen LogP contribution in [0.4, 0.5) is 0 Å². The molecule has 1 unspecified atom stereocenters. The van der Waals surface area contributed by atoms with Gasteiger partial charge in [-0.3, -0.25) is 4.79 Å². The number of benzene rings is 2. The second-order valence-electron chi connectivity index (χ2n) is 7.66. The molecule has 0 aliphatic rings. The quantitative estimate of drug-likeness (QED) is 0.448. The highest BCUT2D eigenvalue weighted by molar-refractivity contribution is 7.89. The van der Waals surface area contributed by atoms with Crippen LogP contribution in [0, 0.1) is 0 Å². The Morgan fingerprint density at radius 1 is 1.12 bits per heavy atom. The third-order valence-corrected chi connectivity index (χ3v) is 6.99. The average molecular weight is 491 g/mol. The van der Waals surface area contributed by atoms with Gasteiger partial charge in [0.15, 0.2) is 0 Å². The van der Waals surface area contributed by atoms with Crippen LogP contribution in [0.1, 0.15) is 49.9 Å². The van der Waals surface area contributed by atoms with E-state index in [-0.39, 0.29) is 35.2 Å². The topological polar surface area (TPSA) is 105 Å². The SMILES string of the molecule is CCCN(Cc1nnc(-c2ccccc2Cl)o1)C(=O)c1ccc(S(=O)(=O)NC(C)CC)cc1. The Morgan fingerprint density at radius 2 is 1.82 bits per heavy atom. The summed E-state index contributed by atoms with van der Waals surface area (Å²) in [5.41, 5.74) is 0.992. The van der Waals surface area contributed by atoms with Gasteiger partial charge in [0, 0.05) is 18.2 Å². The lowest BCUT2D eigenvalue weighted by atomic mass is 10.2. The minimum atomic E-state index is -3.64. The lowest BCUT2D eigenvalue weighted by molar-refractivity contribution is 0.0728. The monoisotopic (exact) mass is 490 g/mol. The van der Waals surface area contributed by atoms with Crippen LogP contribution in [-0.4, -0.2) is 42.0 Å². The lowest BCUT2D eigenvalue weighted by Crippen LogP contribution is -2.32. The van der Waals surface area contributed by atoms with Crippen molar-refractivity contribution in [1.29, 1.82) is 0 Å². The zero-order valence-corrected chi connectivity index (χ0v) is 20.4. The molecule has 176 valence electrons. The van der Waals surface area contributed by atoms with Crippen LogP contribution in [0.5, 0.6) is 0 Å². The number of hydrogen-bond donors (Lipinski definition) is 1. The van der Waals surface area contributed by atoms with Gasteiger partial charge in [0.05, 0.1) is 22.0 Å². The van der Waals surface area contributed by atoms with Gasteiger partial charge in [0.2, 0.25) is 21.8 Å². The van der Waals surface area contributed by atoms with Crippen molar-refractivity contribution in [3.8, 4) is 11.5 Å². The summed E-state index contributed by atoms with van der Waals surface area (Å²) in [5.74, 6) is 0.305. The summed E-state index contributed by atoms with van der Waals surface area (Å²) in [6.45, 7) is 6.25. The summed E-state index contributed by atoms with van der Waals surface area (Å²) in [5, 5.41) is 8.60. The normalized spacial score (nSPS) is 12.5. The van der Waals surface area contributed by atoms with E-state index in [0.29, 0.717) is 29.1 Å². The van der Waals surface area contributed by atoms with Gasteiger partial charge >= 0.3 is 0 Å². The van der Waals surface area contributed by atoms with Gasteiger partial charge in [-0.15, -0.1) is 10.2 Å². The van der Waals surface area contributed by atoms with Crippen LogP contribution in [0.3, 0.4) is 0 Å². The molecule has 0 saturated heterocycles. The Morgan fingerprint density at radius 3 is 2.45 bits per heavy atom. The Kier molecular flexibility index (Phi) is 8.23. The summed E-state index contributed by atoms with van der Waals surface area (Å²) in [4.78, 5) is 14.8. The van der Waals surface area contributed by atoms with Gasteiger partial charge in [0.1, 0.15) is 0 Å². The fourth-order valence-electron chi connectivity index (χ4n) is 3.12. The molecule has 10 heteroatoms. The van der Waals surface area contributed by atoms with E-state index in [9.17, 15) is 13.2 Å². The molecule has 0 fully saturated rings. The summed E-state index contributed by atoms with van der Waals surface area (Å²) in [6.07, 6.45) is 1.40. The number of carbonyl (C=O) groups excluding carboxylic acids is 1. The highest BCUT2D eigenvalue weighted by Crippen LogP contribution is 2.26. The minimum Gasteiger partial charge on any atom is -0.419 e. The molecule has 1 atom stereocenters. The third-order valence-electron chi connectivity index (χ3n) is 5.06. The molecule has 3 aromatic rings. The number of amides is 1. The van der Waals surface area contributed by atoms with Crippen molar-refractivity contribution >= 4 is 27.5 Å². The summed E-state index contributed by atoms with van der Waals surface area (Å²) in [7, 11) is -3.64. The van der Waals surface area contributed by atoms with Crippen LogP contribution < -0.4 is 4.72 Å². The summed E-state index contributed by atoms with van der Waals surface area (Å²) < 4.78 is 33.3. The van der Waals surface area contributed by atoms with Gasteiger partial charge in [-0.2, -0.15) is 0 Å². The number of aromatic nitrogens is 2. The first-order valence-corrected chi connectivity index (χ1v) is 12.6. The molecule has 0 radical (unpaired) electrons. The van der Waals surface area contributed by atoms with Gasteiger partial charge < -0.3 is 9.32 Å². The van der Waals surface area contributed by atoms with E-state index in [1.807, 2.05) is 26.0 Å². The van der Waals surface area contributed by atoms with E-state index in [4.69, 9.17) is 16.0 Å². The zero-order chi connectivity index (χ0) is 24.0. The standard InChI is InChI=1S/C23H27ClN4O4S/c1-4-14-28(15-21-25-26-22(32-21)19-8-6-7-9-20(19)24)23(29)17-10-12-18(13-11-17)33(30,31)27-16(3)5-2/h6-13,16,27H,4-5,14-15H2,1-3H3. The minimum absolute atomic E-state index is 0.114. The molecule has 0 aliphatic carbocycles. The molecule has 0 saturated carbocycles. The van der Waals surface area contributed by atoms with Crippen molar-refractivity contribution in [2.24, 2.45) is 0 Å². The van der Waals surface area contributed by atoms with Crippen molar-refractivity contribution in [3.63, 3.8) is 0 Å². The number of nitrogens with one attached hydrogen (secondary N) is 1. The van der Waals surface area contributed by atoms with Crippen molar-refractivity contribution < 1.29 is 17.6 Å². The molecule has 2 aromatic carbocycles. The van der Waals surface area contributed by atoms with E-state index in [1.54, 1.807) is 24.0 Å². The van der Waals surface area contributed by atoms with Crippen molar-refractivity contribution in [2.75, 3.05) is 6.54 Å². The molecule has 33 heavy (non-hydrogen) atoms. The van der Waals surface area contributed by atoms with Crippen LogP contribution >= 0.6 is 11.6 Å². The summed E-state index contributed by atoms with van der Waals surface area (Å²) in [6, 6.07) is 12.9. The molecule has 3 rings (SSSR count). The van der Waals surface area contributed by atoms with E-state index < -0.39 is 10.0 Å². The second-order valence-corrected chi connectivity index (χ2v) is 9.78. The fourth-order valence-corrected chi connectivity index (χ4v) is 4.67. The maximum Gasteiger partial charge on any atom is 0.254 e. The smallest absolute Gasteiger partial charge is 0.254 e. The van der Waals surface area contributed by atoms with Crippen LogP contribution in [0.15, 0.2) is 57.8 Å². The highest BCUT2D eigenvalue weighted by atomic mass is 35.5. The van der Waals surface area contributed by atoms with E-state index >= 15 is 0 Å². The van der Waals surface area contributed by atoms with Crippen molar-refractivity contribution in [2.45, 2.75) is 51.1 Å². The van der Waals surface area contributed by atoms with Gasteiger partial charge in [-0.25, -0.2) is 13.1 Å². The third kappa shape index (κ3) is 6.19. The molecule has 1 N–H and O–H groups in total. The Hall–Kier alpha value is -2.75. The number of carbonyl (C=O) groups is 1. The maximum atomic E-state index is 13.1. The Bertz CT molecular complexity index is 1200. The molecule has 1 amide bonds.